The third kappa shape index (κ3) is 8.35. The molecule has 9 nitrogen and oxygen atoms in total. The number of para-hydroxylation sites is 2. The van der Waals surface area contributed by atoms with E-state index in [1.54, 1.807) is 42.7 Å². The molecule has 0 saturated carbocycles. The van der Waals surface area contributed by atoms with Crippen molar-refractivity contribution in [3.05, 3.63) is 24.3 Å². The van der Waals surface area contributed by atoms with Gasteiger partial charge >= 0.3 is 6.09 Å². The van der Waals surface area contributed by atoms with Crippen molar-refractivity contribution >= 4 is 17.9 Å². The van der Waals surface area contributed by atoms with Crippen LogP contribution in [0.1, 0.15) is 34.1 Å². The number of hydrogen-bond acceptors (Lipinski definition) is 6. The minimum Gasteiger partial charge on any atom is -0.490 e. The molecule has 3 amide bonds. The van der Waals surface area contributed by atoms with Gasteiger partial charge in [-0.15, -0.1) is 0 Å². The fourth-order valence-electron chi connectivity index (χ4n) is 3.06. The van der Waals surface area contributed by atoms with Crippen molar-refractivity contribution in [2.45, 2.75) is 39.7 Å². The maximum atomic E-state index is 12.6. The van der Waals surface area contributed by atoms with Crippen molar-refractivity contribution in [1.82, 2.24) is 15.1 Å². The molecule has 0 spiro atoms. The average Bonchev–Trinajstić information content (AvgIpc) is 2.96. The van der Waals surface area contributed by atoms with E-state index in [4.69, 9.17) is 14.2 Å². The fourth-order valence-corrected chi connectivity index (χ4v) is 3.06. The van der Waals surface area contributed by atoms with Gasteiger partial charge in [-0.05, 0) is 46.2 Å². The highest BCUT2D eigenvalue weighted by molar-refractivity contribution is 5.82. The van der Waals surface area contributed by atoms with E-state index in [1.807, 2.05) is 19.1 Å². The van der Waals surface area contributed by atoms with Crippen molar-refractivity contribution in [3.63, 3.8) is 0 Å². The van der Waals surface area contributed by atoms with Crippen molar-refractivity contribution < 1.29 is 28.6 Å². The highest BCUT2D eigenvalue weighted by Crippen LogP contribution is 2.26. The molecule has 0 bridgehead atoms. The summed E-state index contributed by atoms with van der Waals surface area (Å²) in [5.74, 6) is 0.773. The smallest absolute Gasteiger partial charge is 0.408 e. The molecular formula is C22H33N3O6. The Balaban J connectivity index is 1.79. The number of benzene rings is 1. The summed E-state index contributed by atoms with van der Waals surface area (Å²) >= 11 is 0. The maximum absolute atomic E-state index is 12.6. The summed E-state index contributed by atoms with van der Waals surface area (Å²) in [5, 5.41) is 2.48. The molecule has 1 aliphatic rings. The lowest BCUT2D eigenvalue weighted by Gasteiger charge is -2.23. The van der Waals surface area contributed by atoms with Gasteiger partial charge in [-0.3, -0.25) is 9.59 Å². The molecule has 2 rings (SSSR count). The second kappa shape index (κ2) is 11.4. The number of carbonyl (C=O) groups is 3. The van der Waals surface area contributed by atoms with Crippen LogP contribution in [0.4, 0.5) is 4.79 Å². The predicted octanol–water partition coefficient (Wildman–Crippen LogP) is 2.05. The number of ether oxygens (including phenoxy) is 3. The molecule has 1 aromatic carbocycles. The van der Waals surface area contributed by atoms with Gasteiger partial charge in [-0.2, -0.15) is 0 Å². The topological polar surface area (TPSA) is 97.4 Å². The van der Waals surface area contributed by atoms with Crippen LogP contribution in [-0.4, -0.2) is 79.2 Å². The Hall–Kier alpha value is -2.97. The van der Waals surface area contributed by atoms with Crippen molar-refractivity contribution in [2.24, 2.45) is 0 Å². The first-order valence-corrected chi connectivity index (χ1v) is 10.6. The zero-order chi connectivity index (χ0) is 22.9. The highest BCUT2D eigenvalue weighted by Gasteiger charge is 2.23. The Kier molecular flexibility index (Phi) is 8.96. The van der Waals surface area contributed by atoms with E-state index < -0.39 is 11.7 Å². The summed E-state index contributed by atoms with van der Waals surface area (Å²) in [5.41, 5.74) is -0.623. The molecule has 1 aliphatic heterocycles. The molecule has 0 aromatic heterocycles. The maximum Gasteiger partial charge on any atom is 0.408 e. The largest absolute Gasteiger partial charge is 0.490 e. The average molecular weight is 436 g/mol. The van der Waals surface area contributed by atoms with Crippen LogP contribution in [0.5, 0.6) is 11.5 Å². The normalized spacial score (nSPS) is 14.5. The number of carbonyl (C=O) groups excluding carboxylic acids is 3. The molecule has 1 saturated heterocycles. The molecule has 31 heavy (non-hydrogen) atoms. The summed E-state index contributed by atoms with van der Waals surface area (Å²) < 4.78 is 16.3. The van der Waals surface area contributed by atoms with E-state index in [2.05, 4.69) is 5.32 Å². The molecule has 1 fully saturated rings. The molecule has 1 heterocycles. The second-order valence-corrected chi connectivity index (χ2v) is 8.14. The second-order valence-electron chi connectivity index (χ2n) is 8.14. The Bertz CT molecular complexity index is 762. The summed E-state index contributed by atoms with van der Waals surface area (Å²) in [6, 6.07) is 7.23. The van der Waals surface area contributed by atoms with Gasteiger partial charge in [-0.25, -0.2) is 4.79 Å². The van der Waals surface area contributed by atoms with Crippen LogP contribution in [0.2, 0.25) is 0 Å². The number of hydrogen-bond donors (Lipinski definition) is 1. The summed E-state index contributed by atoms with van der Waals surface area (Å²) in [4.78, 5) is 40.1. The van der Waals surface area contributed by atoms with Gasteiger partial charge in [0.15, 0.2) is 18.1 Å². The Morgan fingerprint density at radius 1 is 0.935 bits per heavy atom. The van der Waals surface area contributed by atoms with E-state index in [0.717, 1.165) is 0 Å². The molecule has 1 N–H and O–H groups in total. The third-order valence-corrected chi connectivity index (χ3v) is 4.48. The van der Waals surface area contributed by atoms with E-state index in [1.165, 1.54) is 0 Å². The van der Waals surface area contributed by atoms with E-state index >= 15 is 0 Å². The molecule has 0 aliphatic carbocycles. The van der Waals surface area contributed by atoms with Gasteiger partial charge in [0.05, 0.1) is 6.61 Å². The van der Waals surface area contributed by atoms with E-state index in [-0.39, 0.29) is 25.0 Å². The minimum atomic E-state index is -0.628. The lowest BCUT2D eigenvalue weighted by atomic mass is 10.2. The minimum absolute atomic E-state index is 0.0990. The fraction of sp³-hybridized carbons (Fsp3) is 0.591. The summed E-state index contributed by atoms with van der Waals surface area (Å²) in [7, 11) is 0. The van der Waals surface area contributed by atoms with E-state index in [9.17, 15) is 14.4 Å². The number of rotatable bonds is 7. The van der Waals surface area contributed by atoms with E-state index in [0.29, 0.717) is 50.7 Å². The Morgan fingerprint density at radius 2 is 1.52 bits per heavy atom. The van der Waals surface area contributed by atoms with Crippen molar-refractivity contribution in [3.8, 4) is 11.5 Å². The number of nitrogens with zero attached hydrogens (tertiary/aromatic N) is 2. The molecule has 0 unspecified atom stereocenters. The van der Waals surface area contributed by atoms with Gasteiger partial charge < -0.3 is 29.3 Å². The summed E-state index contributed by atoms with van der Waals surface area (Å²) in [6.45, 7) is 9.30. The quantitative estimate of drug-likeness (QED) is 0.704. The Morgan fingerprint density at radius 3 is 2.10 bits per heavy atom. The molecule has 1 aromatic rings. The first-order valence-electron chi connectivity index (χ1n) is 10.6. The van der Waals surface area contributed by atoms with Crippen LogP contribution in [0.25, 0.3) is 0 Å². The van der Waals surface area contributed by atoms with Gasteiger partial charge in [-0.1, -0.05) is 12.1 Å². The monoisotopic (exact) mass is 435 g/mol. The van der Waals surface area contributed by atoms with Crippen LogP contribution >= 0.6 is 0 Å². The van der Waals surface area contributed by atoms with Crippen LogP contribution in [-0.2, 0) is 14.3 Å². The SMILES string of the molecule is CCOc1ccccc1OCC(=O)N1CCCN(C(=O)CNC(=O)OC(C)(C)C)CC1. The third-order valence-electron chi connectivity index (χ3n) is 4.48. The zero-order valence-electron chi connectivity index (χ0n) is 18.8. The standard InChI is InChI=1S/C22H33N3O6/c1-5-29-17-9-6-7-10-18(17)30-16-20(27)25-12-8-11-24(13-14-25)19(26)15-23-21(28)31-22(2,3)4/h6-7,9-10H,5,8,11-16H2,1-4H3,(H,23,28). The molecule has 0 radical (unpaired) electrons. The lowest BCUT2D eigenvalue weighted by molar-refractivity contribution is -0.134. The van der Waals surface area contributed by atoms with Crippen LogP contribution in [0, 0.1) is 0 Å². The van der Waals surface area contributed by atoms with Gasteiger partial charge in [0.25, 0.3) is 5.91 Å². The van der Waals surface area contributed by atoms with Gasteiger partial charge in [0, 0.05) is 26.2 Å². The van der Waals surface area contributed by atoms with Crippen LogP contribution in [0.3, 0.4) is 0 Å². The number of alkyl carbamates (subject to hydrolysis) is 1. The van der Waals surface area contributed by atoms with Crippen molar-refractivity contribution in [1.29, 1.82) is 0 Å². The van der Waals surface area contributed by atoms with Crippen molar-refractivity contribution in [2.75, 3.05) is 45.9 Å². The molecule has 9 heteroatoms. The molecule has 0 atom stereocenters. The first-order chi connectivity index (χ1) is 14.7. The van der Waals surface area contributed by atoms with Gasteiger partial charge in [0.2, 0.25) is 5.91 Å². The van der Waals surface area contributed by atoms with Gasteiger partial charge in [0.1, 0.15) is 12.1 Å². The number of amides is 3. The molecule has 172 valence electrons. The lowest BCUT2D eigenvalue weighted by Crippen LogP contribution is -2.44. The summed E-state index contributed by atoms with van der Waals surface area (Å²) in [6.07, 6.45) is 0.0244. The van der Waals surface area contributed by atoms with Crippen LogP contribution < -0.4 is 14.8 Å². The predicted molar refractivity (Wildman–Crippen MR) is 115 cm³/mol. The molecular weight excluding hydrogens is 402 g/mol. The van der Waals surface area contributed by atoms with Crippen LogP contribution in [0.15, 0.2) is 24.3 Å². The highest BCUT2D eigenvalue weighted by atomic mass is 16.6. The zero-order valence-corrected chi connectivity index (χ0v) is 18.8. The number of nitrogens with one attached hydrogen (secondary N) is 1. The first kappa shape index (κ1) is 24.3. The Labute approximate surface area is 183 Å².